The second kappa shape index (κ2) is 9.47. The van der Waals surface area contributed by atoms with Crippen LogP contribution in [0, 0.1) is 23.5 Å². The third-order valence-electron chi connectivity index (χ3n) is 5.91. The summed E-state index contributed by atoms with van der Waals surface area (Å²) >= 11 is 0. The van der Waals surface area contributed by atoms with Crippen LogP contribution in [-0.4, -0.2) is 32.3 Å². The summed E-state index contributed by atoms with van der Waals surface area (Å²) in [6, 6.07) is 10.3. The average Bonchev–Trinajstić information content (AvgIpc) is 3.34. The molecule has 4 aromatic rings. The number of rotatable bonds is 4. The van der Waals surface area contributed by atoms with E-state index in [0.717, 1.165) is 18.6 Å². The number of pyridine rings is 1. The van der Waals surface area contributed by atoms with Crippen LogP contribution in [0.1, 0.15) is 31.4 Å². The van der Waals surface area contributed by atoms with Crippen LogP contribution in [0.3, 0.4) is 0 Å². The molecule has 5 rings (SSSR count). The van der Waals surface area contributed by atoms with Crippen molar-refractivity contribution in [1.29, 1.82) is 0 Å². The Bertz CT molecular complexity index is 1460. The number of ether oxygens (including phenoxy) is 1. The van der Waals surface area contributed by atoms with Gasteiger partial charge < -0.3 is 9.64 Å². The maximum absolute atomic E-state index is 15.3. The van der Waals surface area contributed by atoms with E-state index in [2.05, 4.69) is 26.8 Å². The van der Waals surface area contributed by atoms with Gasteiger partial charge in [0.05, 0.1) is 17.1 Å². The molecule has 3 heterocycles. The normalized spacial score (nSPS) is 15.1. The second-order valence-corrected chi connectivity index (χ2v) is 8.09. The van der Waals surface area contributed by atoms with Crippen LogP contribution in [0.4, 0.5) is 8.78 Å². The van der Waals surface area contributed by atoms with Gasteiger partial charge in [-0.1, -0.05) is 12.0 Å². The molecule has 0 spiro atoms. The van der Waals surface area contributed by atoms with Crippen LogP contribution in [-0.2, 0) is 4.79 Å². The van der Waals surface area contributed by atoms with Gasteiger partial charge in [-0.25, -0.2) is 23.7 Å². The van der Waals surface area contributed by atoms with Crippen LogP contribution in [0.15, 0.2) is 61.2 Å². The number of halogens is 2. The first-order valence-electron chi connectivity index (χ1n) is 11.1. The zero-order valence-corrected chi connectivity index (χ0v) is 18.8. The summed E-state index contributed by atoms with van der Waals surface area (Å²) in [4.78, 5) is 26.8. The lowest BCUT2D eigenvalue weighted by molar-refractivity contribution is -0.125. The predicted molar refractivity (Wildman–Crippen MR) is 126 cm³/mol. The first-order valence-corrected chi connectivity index (χ1v) is 11.1. The summed E-state index contributed by atoms with van der Waals surface area (Å²) in [6.07, 6.45) is 6.03. The SMILES string of the molecule is CC#CC(=O)N1CCCC1c1cc(-c2c(F)cc(Oc3ccccn3)cc2F)cc2cncnc12. The van der Waals surface area contributed by atoms with E-state index in [0.29, 0.717) is 35.0 Å². The van der Waals surface area contributed by atoms with Crippen molar-refractivity contribution in [1.82, 2.24) is 19.9 Å². The number of benzene rings is 2. The molecule has 8 heteroatoms. The number of aromatic nitrogens is 3. The van der Waals surface area contributed by atoms with E-state index < -0.39 is 11.6 Å². The number of likely N-dealkylation sites (tertiary alicyclic amines) is 1. The largest absolute Gasteiger partial charge is 0.439 e. The molecule has 1 unspecified atom stereocenters. The summed E-state index contributed by atoms with van der Waals surface area (Å²) in [6.45, 7) is 2.16. The minimum absolute atomic E-state index is 0.00231. The number of hydrogen-bond acceptors (Lipinski definition) is 5. The molecule has 0 radical (unpaired) electrons. The topological polar surface area (TPSA) is 68.2 Å². The van der Waals surface area contributed by atoms with Crippen molar-refractivity contribution in [2.24, 2.45) is 0 Å². The van der Waals surface area contributed by atoms with E-state index in [-0.39, 0.29) is 29.1 Å². The van der Waals surface area contributed by atoms with Crippen molar-refractivity contribution in [2.45, 2.75) is 25.8 Å². The first-order chi connectivity index (χ1) is 17.0. The van der Waals surface area contributed by atoms with Crippen LogP contribution in [0.5, 0.6) is 11.6 Å². The van der Waals surface area contributed by atoms with Crippen LogP contribution in [0.2, 0.25) is 0 Å². The Labute approximate surface area is 200 Å². The fraction of sp³-hybridized carbons (Fsp3) is 0.185. The Morgan fingerprint density at radius 2 is 1.97 bits per heavy atom. The van der Waals surface area contributed by atoms with Gasteiger partial charge in [0.15, 0.2) is 0 Å². The maximum atomic E-state index is 15.3. The van der Waals surface area contributed by atoms with Gasteiger partial charge >= 0.3 is 0 Å². The lowest BCUT2D eigenvalue weighted by Gasteiger charge is -2.24. The van der Waals surface area contributed by atoms with Crippen LogP contribution >= 0.6 is 0 Å². The zero-order chi connectivity index (χ0) is 24.4. The third-order valence-corrected chi connectivity index (χ3v) is 5.91. The van der Waals surface area contributed by atoms with Gasteiger partial charge in [0.2, 0.25) is 5.88 Å². The lowest BCUT2D eigenvalue weighted by Crippen LogP contribution is -2.29. The molecule has 2 aromatic heterocycles. The Kier molecular flexibility index (Phi) is 6.06. The fourth-order valence-corrected chi connectivity index (χ4v) is 4.46. The quantitative estimate of drug-likeness (QED) is 0.371. The van der Waals surface area contributed by atoms with Crippen molar-refractivity contribution in [2.75, 3.05) is 6.54 Å². The van der Waals surface area contributed by atoms with Crippen molar-refractivity contribution in [3.8, 4) is 34.6 Å². The highest BCUT2D eigenvalue weighted by Gasteiger charge is 2.31. The third kappa shape index (κ3) is 4.41. The van der Waals surface area contributed by atoms with E-state index in [1.54, 1.807) is 48.4 Å². The number of nitrogens with zero attached hydrogens (tertiary/aromatic N) is 4. The predicted octanol–water partition coefficient (Wildman–Crippen LogP) is 5.45. The number of carbonyl (C=O) groups excluding carboxylic acids is 1. The Morgan fingerprint density at radius 3 is 2.71 bits per heavy atom. The molecular formula is C27H20F2N4O2. The number of fused-ring (bicyclic) bond motifs is 1. The van der Waals surface area contributed by atoms with Gasteiger partial charge in [-0.05, 0) is 49.4 Å². The van der Waals surface area contributed by atoms with Crippen molar-refractivity contribution < 1.29 is 18.3 Å². The number of carbonyl (C=O) groups is 1. The highest BCUT2D eigenvalue weighted by molar-refractivity contribution is 5.95. The molecule has 1 fully saturated rings. The molecule has 2 aromatic carbocycles. The van der Waals surface area contributed by atoms with E-state index >= 15 is 8.78 Å². The Morgan fingerprint density at radius 1 is 1.14 bits per heavy atom. The number of amides is 1. The molecule has 1 saturated heterocycles. The fourth-order valence-electron chi connectivity index (χ4n) is 4.46. The first kappa shape index (κ1) is 22.4. The molecule has 174 valence electrons. The highest BCUT2D eigenvalue weighted by atomic mass is 19.1. The zero-order valence-electron chi connectivity index (χ0n) is 18.8. The molecule has 1 atom stereocenters. The van der Waals surface area contributed by atoms with Crippen molar-refractivity contribution >= 4 is 16.8 Å². The van der Waals surface area contributed by atoms with Crippen LogP contribution < -0.4 is 4.74 Å². The maximum Gasteiger partial charge on any atom is 0.298 e. The molecule has 1 aliphatic heterocycles. The van der Waals surface area contributed by atoms with E-state index in [9.17, 15) is 4.79 Å². The smallest absolute Gasteiger partial charge is 0.298 e. The van der Waals surface area contributed by atoms with Crippen molar-refractivity contribution in [3.63, 3.8) is 0 Å². The standard InChI is InChI=1S/C27H20F2N4O2/c1-2-6-25(34)33-10-5-7-23(33)20-12-17(11-18-15-30-16-32-27(18)20)26-21(28)13-19(14-22(26)29)35-24-8-3-4-9-31-24/h3-4,8-9,11-16,23H,5,7,10H2,1H3. The molecule has 1 aliphatic rings. The molecule has 0 bridgehead atoms. The summed E-state index contributed by atoms with van der Waals surface area (Å²) in [7, 11) is 0. The van der Waals surface area contributed by atoms with Crippen LogP contribution in [0.25, 0.3) is 22.0 Å². The minimum Gasteiger partial charge on any atom is -0.439 e. The van der Waals surface area contributed by atoms with E-state index in [1.165, 1.54) is 12.5 Å². The lowest BCUT2D eigenvalue weighted by atomic mass is 9.94. The van der Waals surface area contributed by atoms with Gasteiger partial charge in [-0.15, -0.1) is 0 Å². The Hall–Kier alpha value is -4.38. The molecule has 6 nitrogen and oxygen atoms in total. The average molecular weight is 470 g/mol. The molecule has 0 N–H and O–H groups in total. The van der Waals surface area contributed by atoms with E-state index in [1.807, 2.05) is 0 Å². The highest BCUT2D eigenvalue weighted by Crippen LogP contribution is 2.39. The molecule has 0 saturated carbocycles. The Balaban J connectivity index is 1.60. The van der Waals surface area contributed by atoms with Gasteiger partial charge in [0.1, 0.15) is 23.7 Å². The monoisotopic (exact) mass is 470 g/mol. The van der Waals surface area contributed by atoms with E-state index in [4.69, 9.17) is 4.74 Å². The number of hydrogen-bond donors (Lipinski definition) is 0. The summed E-state index contributed by atoms with van der Waals surface area (Å²) in [5.74, 6) is 3.61. The van der Waals surface area contributed by atoms with Crippen molar-refractivity contribution in [3.05, 3.63) is 78.4 Å². The van der Waals surface area contributed by atoms with Gasteiger partial charge in [0.25, 0.3) is 5.91 Å². The molecule has 1 amide bonds. The summed E-state index contributed by atoms with van der Waals surface area (Å²) < 4.78 is 36.0. The minimum atomic E-state index is -0.783. The molecule has 0 aliphatic carbocycles. The second-order valence-electron chi connectivity index (χ2n) is 8.09. The van der Waals surface area contributed by atoms with Gasteiger partial charge in [-0.3, -0.25) is 4.79 Å². The summed E-state index contributed by atoms with van der Waals surface area (Å²) in [5, 5.41) is 0.619. The van der Waals surface area contributed by atoms with Gasteiger partial charge in [0, 0.05) is 48.1 Å². The molecular weight excluding hydrogens is 450 g/mol. The molecule has 35 heavy (non-hydrogen) atoms. The van der Waals surface area contributed by atoms with Gasteiger partial charge in [-0.2, -0.15) is 0 Å². The summed E-state index contributed by atoms with van der Waals surface area (Å²) in [5.41, 5.74) is 1.46.